The molecule has 1 atom stereocenters. The Bertz CT molecular complexity index is 1600. The third-order valence-corrected chi connectivity index (χ3v) is 8.88. The first kappa shape index (κ1) is 28.3. The fourth-order valence-corrected chi connectivity index (χ4v) is 6.32. The number of nitrogens with zero attached hydrogens (tertiary/aromatic N) is 4. The van der Waals surface area contributed by atoms with Gasteiger partial charge < -0.3 is 15.7 Å². The third-order valence-electron chi connectivity index (χ3n) is 7.39. The number of nitrogens with one attached hydrogen (secondary N) is 3. The Kier molecular flexibility index (Phi) is 7.74. The molecule has 11 nitrogen and oxygen atoms in total. The molecule has 2 aliphatic rings. The minimum absolute atomic E-state index is 0.0183. The second kappa shape index (κ2) is 11.0. The summed E-state index contributed by atoms with van der Waals surface area (Å²) in [5, 5.41) is 17.2. The summed E-state index contributed by atoms with van der Waals surface area (Å²) in [5.74, 6) is -2.14. The van der Waals surface area contributed by atoms with Crippen LogP contribution in [0.4, 0.5) is 24.8 Å². The van der Waals surface area contributed by atoms with E-state index in [2.05, 4.69) is 20.6 Å². The highest BCUT2D eigenvalue weighted by Crippen LogP contribution is 2.31. The van der Waals surface area contributed by atoms with Crippen molar-refractivity contribution >= 4 is 32.9 Å². The van der Waals surface area contributed by atoms with E-state index in [4.69, 9.17) is 0 Å². The van der Waals surface area contributed by atoms with Gasteiger partial charge >= 0.3 is 10.2 Å². The van der Waals surface area contributed by atoms with Crippen molar-refractivity contribution < 1.29 is 26.7 Å². The molecular weight excluding hydrogens is 551 g/mol. The summed E-state index contributed by atoms with van der Waals surface area (Å²) in [6.45, 7) is 1.43. The Balaban J connectivity index is 1.42. The molecule has 0 unspecified atom stereocenters. The maximum Gasteiger partial charge on any atom is 0.301 e. The largest absolute Gasteiger partial charge is 0.390 e. The molecule has 3 aromatic rings. The van der Waals surface area contributed by atoms with Gasteiger partial charge in [0.1, 0.15) is 17.6 Å². The predicted molar refractivity (Wildman–Crippen MR) is 144 cm³/mol. The lowest BCUT2D eigenvalue weighted by Gasteiger charge is -2.32. The zero-order valence-corrected chi connectivity index (χ0v) is 22.6. The van der Waals surface area contributed by atoms with Gasteiger partial charge in [-0.15, -0.1) is 0 Å². The molecule has 4 heterocycles. The molecule has 2 aliphatic heterocycles. The average Bonchev–Trinajstić information content (AvgIpc) is 3.36. The number of aliphatic hydroxyl groups is 1. The molecule has 40 heavy (non-hydrogen) atoms. The minimum Gasteiger partial charge on any atom is -0.390 e. The van der Waals surface area contributed by atoms with Crippen molar-refractivity contribution in [2.45, 2.75) is 37.5 Å². The monoisotopic (exact) mass is 581 g/mol. The summed E-state index contributed by atoms with van der Waals surface area (Å²) in [5.41, 5.74) is -2.98. The summed E-state index contributed by atoms with van der Waals surface area (Å²) < 4.78 is 73.2. The first-order valence-electron chi connectivity index (χ1n) is 12.9. The predicted octanol–water partition coefficient (Wildman–Crippen LogP) is 1.89. The van der Waals surface area contributed by atoms with E-state index in [1.807, 2.05) is 4.72 Å². The van der Waals surface area contributed by atoms with Crippen molar-refractivity contribution in [3.8, 4) is 11.1 Å². The topological polar surface area (TPSA) is 141 Å². The van der Waals surface area contributed by atoms with Crippen LogP contribution in [-0.2, 0) is 17.3 Å². The lowest BCUT2D eigenvalue weighted by molar-refractivity contribution is 0.00570. The van der Waals surface area contributed by atoms with Crippen LogP contribution < -0.4 is 20.9 Å². The van der Waals surface area contributed by atoms with Gasteiger partial charge in [-0.25, -0.2) is 18.2 Å². The number of alkyl halides is 1. The van der Waals surface area contributed by atoms with Crippen molar-refractivity contribution in [2.24, 2.45) is 7.05 Å². The fraction of sp³-hybridized carbons (Fsp3) is 0.480. The molecule has 2 aromatic heterocycles. The standard InChI is InChI=1S/C25H30F3N7O4S/c1-34-22-15(13-31-24(32-22)30-10-7-25(37)5-8-29-9-6-25)12-17(23(34)36)20-18(27)2-3-19(21(20)28)33-40(38,39)35-11-4-16(26)14-35/h2-3,12-13,16,29,33,37H,4-11,14H2,1H3,(H,30,31,32)/t16-/m1/s1. The molecule has 2 saturated heterocycles. The molecule has 0 aliphatic carbocycles. The van der Waals surface area contributed by atoms with Gasteiger partial charge in [0.05, 0.1) is 22.4 Å². The average molecular weight is 582 g/mol. The highest BCUT2D eigenvalue weighted by atomic mass is 32.2. The number of halogens is 3. The molecule has 0 saturated carbocycles. The lowest BCUT2D eigenvalue weighted by Crippen LogP contribution is -2.42. The molecule has 1 aromatic carbocycles. The zero-order valence-electron chi connectivity index (χ0n) is 21.8. The van der Waals surface area contributed by atoms with Crippen LogP contribution in [0.2, 0.25) is 0 Å². The summed E-state index contributed by atoms with van der Waals surface area (Å²) in [7, 11) is -2.91. The number of aryl methyl sites for hydroxylation is 1. The number of aromatic nitrogens is 3. The van der Waals surface area contributed by atoms with Crippen LogP contribution in [0.25, 0.3) is 22.2 Å². The number of fused-ring (bicyclic) bond motifs is 1. The first-order valence-corrected chi connectivity index (χ1v) is 14.4. The summed E-state index contributed by atoms with van der Waals surface area (Å²) >= 11 is 0. The zero-order chi connectivity index (χ0) is 28.7. The minimum atomic E-state index is -4.31. The van der Waals surface area contributed by atoms with Crippen LogP contribution >= 0.6 is 0 Å². The summed E-state index contributed by atoms with van der Waals surface area (Å²) in [4.78, 5) is 21.8. The number of hydrogen-bond acceptors (Lipinski definition) is 8. The molecule has 0 spiro atoms. The van der Waals surface area contributed by atoms with Crippen molar-refractivity contribution in [1.82, 2.24) is 24.2 Å². The maximum absolute atomic E-state index is 15.5. The Morgan fingerprint density at radius 3 is 2.70 bits per heavy atom. The highest BCUT2D eigenvalue weighted by molar-refractivity contribution is 7.90. The molecule has 4 N–H and O–H groups in total. The highest BCUT2D eigenvalue weighted by Gasteiger charge is 2.33. The molecule has 0 bridgehead atoms. The van der Waals surface area contributed by atoms with Crippen molar-refractivity contribution in [3.63, 3.8) is 0 Å². The van der Waals surface area contributed by atoms with Crippen LogP contribution in [0.1, 0.15) is 25.7 Å². The first-order chi connectivity index (χ1) is 19.0. The van der Waals surface area contributed by atoms with E-state index < -0.39 is 50.4 Å². The summed E-state index contributed by atoms with van der Waals surface area (Å²) in [6, 6.07) is 3.00. The Hall–Kier alpha value is -3.27. The summed E-state index contributed by atoms with van der Waals surface area (Å²) in [6.07, 6.45) is 1.84. The van der Waals surface area contributed by atoms with E-state index in [0.717, 1.165) is 34.1 Å². The molecule has 216 valence electrons. The molecular formula is C25H30F3N7O4S. The van der Waals surface area contributed by atoms with Gasteiger partial charge in [0, 0.05) is 38.3 Å². The second-order valence-electron chi connectivity index (χ2n) is 10.2. The second-order valence-corrected chi connectivity index (χ2v) is 11.9. The quantitative estimate of drug-likeness (QED) is 0.316. The fourth-order valence-electron chi connectivity index (χ4n) is 5.05. The Labute approximate surface area is 228 Å². The molecule has 0 amide bonds. The molecule has 15 heteroatoms. The van der Waals surface area contributed by atoms with E-state index in [-0.39, 0.29) is 36.7 Å². The van der Waals surface area contributed by atoms with Gasteiger partial charge in [0.2, 0.25) is 5.95 Å². The third kappa shape index (κ3) is 5.64. The number of anilines is 2. The smallest absolute Gasteiger partial charge is 0.301 e. The number of rotatable bonds is 8. The van der Waals surface area contributed by atoms with Crippen molar-refractivity contribution in [2.75, 3.05) is 42.8 Å². The molecule has 0 radical (unpaired) electrons. The van der Waals surface area contributed by atoms with Crippen LogP contribution in [0.3, 0.4) is 0 Å². The number of piperidine rings is 1. The maximum atomic E-state index is 15.5. The van der Waals surface area contributed by atoms with Crippen LogP contribution in [0.15, 0.2) is 29.2 Å². The van der Waals surface area contributed by atoms with Crippen LogP contribution in [0.5, 0.6) is 0 Å². The molecule has 5 rings (SSSR count). The van der Waals surface area contributed by atoms with Gasteiger partial charge in [-0.2, -0.15) is 17.7 Å². The van der Waals surface area contributed by atoms with Crippen LogP contribution in [-0.4, -0.2) is 76.9 Å². The van der Waals surface area contributed by atoms with E-state index in [9.17, 15) is 27.1 Å². The van der Waals surface area contributed by atoms with Gasteiger partial charge in [-0.1, -0.05) is 0 Å². The SMILES string of the molecule is Cn1c(=O)c(-c2c(F)ccc(NS(=O)(=O)N3CC[C@@H](F)C3)c2F)cc2cnc(NCCC3(O)CCNCC3)nc21. The van der Waals surface area contributed by atoms with Crippen molar-refractivity contribution in [1.29, 1.82) is 0 Å². The normalized spacial score (nSPS) is 19.7. The van der Waals surface area contributed by atoms with Crippen LogP contribution in [0, 0.1) is 11.6 Å². The van der Waals surface area contributed by atoms with E-state index >= 15 is 4.39 Å². The number of benzene rings is 1. The van der Waals surface area contributed by atoms with Gasteiger partial charge in [-0.05, 0) is 57.0 Å². The lowest BCUT2D eigenvalue weighted by atomic mass is 9.89. The number of hydrogen-bond donors (Lipinski definition) is 4. The number of pyridine rings is 1. The van der Waals surface area contributed by atoms with Gasteiger partial charge in [0.15, 0.2) is 5.82 Å². The van der Waals surface area contributed by atoms with Crippen molar-refractivity contribution in [3.05, 3.63) is 46.4 Å². The van der Waals surface area contributed by atoms with Gasteiger partial charge in [0.25, 0.3) is 5.56 Å². The van der Waals surface area contributed by atoms with E-state index in [1.54, 1.807) is 0 Å². The van der Waals surface area contributed by atoms with E-state index in [0.29, 0.717) is 31.2 Å². The Morgan fingerprint density at radius 1 is 1.25 bits per heavy atom. The Morgan fingerprint density at radius 2 is 2.00 bits per heavy atom. The van der Waals surface area contributed by atoms with E-state index in [1.165, 1.54) is 19.3 Å². The van der Waals surface area contributed by atoms with Gasteiger partial charge in [-0.3, -0.25) is 14.1 Å². The molecule has 2 fully saturated rings.